The van der Waals surface area contributed by atoms with Crippen LogP contribution in [0, 0.1) is 0 Å². The van der Waals surface area contributed by atoms with Gasteiger partial charge in [0.05, 0.1) is 20.9 Å². The topological polar surface area (TPSA) is 60.9 Å². The minimum atomic E-state index is -0.188. The number of fused-ring (bicyclic) bond motifs is 1. The van der Waals surface area contributed by atoms with Crippen molar-refractivity contribution in [1.82, 2.24) is 9.78 Å². The Bertz CT molecular complexity index is 747. The van der Waals surface area contributed by atoms with Gasteiger partial charge >= 0.3 is 0 Å². The minimum absolute atomic E-state index is 0.188. The molecule has 0 spiro atoms. The van der Waals surface area contributed by atoms with Crippen molar-refractivity contribution in [2.24, 2.45) is 0 Å². The maximum Gasteiger partial charge on any atom is 0.288 e. The van der Waals surface area contributed by atoms with Crippen molar-refractivity contribution in [3.8, 4) is 0 Å². The number of nitrogens with two attached hydrogens (primary N) is 1. The lowest BCUT2D eigenvalue weighted by molar-refractivity contribution is 0.0954. The van der Waals surface area contributed by atoms with Gasteiger partial charge in [-0.05, 0) is 30.3 Å². The lowest BCUT2D eigenvalue weighted by Crippen LogP contribution is -2.11. The molecule has 2 N–H and O–H groups in total. The molecule has 6 heteroatoms. The summed E-state index contributed by atoms with van der Waals surface area (Å²) in [6, 6.07) is 8.71. The fourth-order valence-corrected chi connectivity index (χ4v) is 2.72. The molecule has 0 atom stereocenters. The average Bonchev–Trinajstić information content (AvgIpc) is 2.94. The summed E-state index contributed by atoms with van der Waals surface area (Å²) < 4.78 is 1.94. The fraction of sp³-hybridized carbons (Fsp3) is 0. The monoisotopic (exact) mass is 277 g/mol. The van der Waals surface area contributed by atoms with E-state index >= 15 is 0 Å². The number of benzene rings is 1. The average molecular weight is 278 g/mol. The number of rotatable bonds is 1. The van der Waals surface area contributed by atoms with Crippen LogP contribution in [0.1, 0.15) is 9.67 Å². The molecule has 2 aromatic heterocycles. The summed E-state index contributed by atoms with van der Waals surface area (Å²) >= 11 is 7.06. The number of anilines is 1. The highest BCUT2D eigenvalue weighted by molar-refractivity contribution is 7.18. The van der Waals surface area contributed by atoms with E-state index in [1.165, 1.54) is 16.0 Å². The third-order valence-corrected chi connectivity index (χ3v) is 3.79. The molecule has 0 bridgehead atoms. The molecule has 0 saturated heterocycles. The lowest BCUT2D eigenvalue weighted by atomic mass is 10.2. The van der Waals surface area contributed by atoms with Crippen molar-refractivity contribution in [2.45, 2.75) is 0 Å². The van der Waals surface area contributed by atoms with Gasteiger partial charge in [0.25, 0.3) is 5.91 Å². The molecule has 1 aromatic carbocycles. The zero-order chi connectivity index (χ0) is 12.7. The van der Waals surface area contributed by atoms with Gasteiger partial charge in [0.1, 0.15) is 0 Å². The van der Waals surface area contributed by atoms with Crippen LogP contribution in [-0.4, -0.2) is 15.7 Å². The third kappa shape index (κ3) is 1.77. The van der Waals surface area contributed by atoms with Gasteiger partial charge in [-0.1, -0.05) is 11.6 Å². The maximum absolute atomic E-state index is 12.2. The van der Waals surface area contributed by atoms with E-state index in [1.807, 2.05) is 0 Å². The number of nitrogens with zero attached hydrogens (tertiary/aromatic N) is 2. The molecule has 0 aliphatic heterocycles. The summed E-state index contributed by atoms with van der Waals surface area (Å²) in [5.41, 5.74) is 7.07. The highest BCUT2D eigenvalue weighted by Gasteiger charge is 2.14. The van der Waals surface area contributed by atoms with Gasteiger partial charge in [0.2, 0.25) is 0 Å². The summed E-state index contributed by atoms with van der Waals surface area (Å²) in [6.07, 6.45) is 1.62. The molecule has 0 unspecified atom stereocenters. The smallest absolute Gasteiger partial charge is 0.288 e. The molecule has 18 heavy (non-hydrogen) atoms. The van der Waals surface area contributed by atoms with Crippen molar-refractivity contribution in [3.63, 3.8) is 0 Å². The normalized spacial score (nSPS) is 10.9. The Hall–Kier alpha value is -1.85. The summed E-state index contributed by atoms with van der Waals surface area (Å²) in [5.74, 6) is -0.188. The van der Waals surface area contributed by atoms with E-state index in [4.69, 9.17) is 17.3 Å². The van der Waals surface area contributed by atoms with Crippen LogP contribution in [0.3, 0.4) is 0 Å². The molecule has 3 aromatic rings. The number of aromatic nitrogens is 2. The van der Waals surface area contributed by atoms with Crippen LogP contribution in [-0.2, 0) is 0 Å². The molecule has 0 aliphatic carbocycles. The highest BCUT2D eigenvalue weighted by Crippen LogP contribution is 2.24. The Morgan fingerprint density at radius 2 is 2.17 bits per heavy atom. The van der Waals surface area contributed by atoms with Gasteiger partial charge in [-0.25, -0.2) is 0 Å². The van der Waals surface area contributed by atoms with Crippen LogP contribution >= 0.6 is 22.9 Å². The van der Waals surface area contributed by atoms with E-state index in [0.29, 0.717) is 14.9 Å². The molecule has 0 fully saturated rings. The van der Waals surface area contributed by atoms with Gasteiger partial charge in [-0.3, -0.25) is 4.79 Å². The highest BCUT2D eigenvalue weighted by atomic mass is 35.5. The zero-order valence-electron chi connectivity index (χ0n) is 9.13. The Morgan fingerprint density at radius 1 is 1.33 bits per heavy atom. The predicted molar refractivity (Wildman–Crippen MR) is 73.2 cm³/mol. The SMILES string of the molecule is Nc1ccc2c(cnn2C(=O)c2ccc(Cl)s2)c1. The lowest BCUT2D eigenvalue weighted by Gasteiger charge is -2.00. The van der Waals surface area contributed by atoms with Gasteiger partial charge in [0, 0.05) is 11.1 Å². The van der Waals surface area contributed by atoms with Gasteiger partial charge in [-0.2, -0.15) is 9.78 Å². The second-order valence-electron chi connectivity index (χ2n) is 3.78. The summed E-state index contributed by atoms with van der Waals surface area (Å²) in [4.78, 5) is 12.8. The van der Waals surface area contributed by atoms with Crippen LogP contribution in [0.25, 0.3) is 10.9 Å². The molecule has 0 aliphatic rings. The van der Waals surface area contributed by atoms with Gasteiger partial charge < -0.3 is 5.73 Å². The minimum Gasteiger partial charge on any atom is -0.399 e. The number of thiophene rings is 1. The molecule has 0 saturated carbocycles. The Balaban J connectivity index is 2.12. The van der Waals surface area contributed by atoms with Crippen molar-refractivity contribution in [3.05, 3.63) is 45.7 Å². The van der Waals surface area contributed by atoms with Crippen molar-refractivity contribution in [1.29, 1.82) is 0 Å². The summed E-state index contributed by atoms with van der Waals surface area (Å²) in [6.45, 7) is 0. The largest absolute Gasteiger partial charge is 0.399 e. The maximum atomic E-state index is 12.2. The standard InChI is InChI=1S/C12H8ClN3OS/c13-11-4-3-10(18-11)12(17)16-9-2-1-8(14)5-7(9)6-15-16/h1-6H,14H2. The summed E-state index contributed by atoms with van der Waals surface area (Å²) in [5, 5.41) is 4.94. The van der Waals surface area contributed by atoms with Crippen molar-refractivity contribution in [2.75, 3.05) is 5.73 Å². The van der Waals surface area contributed by atoms with E-state index in [0.717, 1.165) is 10.9 Å². The number of hydrogen-bond acceptors (Lipinski definition) is 4. The van der Waals surface area contributed by atoms with Crippen molar-refractivity contribution < 1.29 is 4.79 Å². The Kier molecular flexibility index (Phi) is 2.57. The molecule has 2 heterocycles. The quantitative estimate of drug-likeness (QED) is 0.696. The van der Waals surface area contributed by atoms with E-state index < -0.39 is 0 Å². The van der Waals surface area contributed by atoms with Gasteiger partial charge in [-0.15, -0.1) is 11.3 Å². The number of carbonyl (C=O) groups excluding carboxylic acids is 1. The number of halogens is 1. The molecular weight excluding hydrogens is 270 g/mol. The molecule has 0 amide bonds. The number of carbonyl (C=O) groups is 1. The van der Waals surface area contributed by atoms with Gasteiger partial charge in [0.15, 0.2) is 0 Å². The molecule has 90 valence electrons. The predicted octanol–water partition coefficient (Wildman–Crippen LogP) is 3.02. The summed E-state index contributed by atoms with van der Waals surface area (Å²) in [7, 11) is 0. The van der Waals surface area contributed by atoms with Crippen LogP contribution in [0.2, 0.25) is 4.34 Å². The first-order chi connectivity index (χ1) is 8.65. The van der Waals surface area contributed by atoms with Crippen molar-refractivity contribution >= 4 is 45.4 Å². The van der Waals surface area contributed by atoms with Crippen LogP contribution in [0.15, 0.2) is 36.5 Å². The number of hydrogen-bond donors (Lipinski definition) is 1. The molecule has 4 nitrogen and oxygen atoms in total. The zero-order valence-corrected chi connectivity index (χ0v) is 10.7. The Morgan fingerprint density at radius 3 is 2.89 bits per heavy atom. The van der Waals surface area contributed by atoms with E-state index in [1.54, 1.807) is 36.5 Å². The first-order valence-electron chi connectivity index (χ1n) is 5.18. The second-order valence-corrected chi connectivity index (χ2v) is 5.50. The third-order valence-electron chi connectivity index (χ3n) is 2.57. The molecular formula is C12H8ClN3OS. The molecule has 0 radical (unpaired) electrons. The van der Waals surface area contributed by atoms with Crippen LogP contribution in [0.4, 0.5) is 5.69 Å². The number of nitrogen functional groups attached to an aromatic ring is 1. The first-order valence-corrected chi connectivity index (χ1v) is 6.38. The second kappa shape index (κ2) is 4.12. The van der Waals surface area contributed by atoms with E-state index in [-0.39, 0.29) is 5.91 Å². The fourth-order valence-electron chi connectivity index (χ4n) is 1.75. The van der Waals surface area contributed by atoms with Crippen LogP contribution < -0.4 is 5.73 Å². The van der Waals surface area contributed by atoms with E-state index in [2.05, 4.69) is 5.10 Å². The van der Waals surface area contributed by atoms with Crippen LogP contribution in [0.5, 0.6) is 0 Å². The van der Waals surface area contributed by atoms with E-state index in [9.17, 15) is 4.79 Å². The molecule has 3 rings (SSSR count). The Labute approximate surface area is 112 Å². The first kappa shape index (κ1) is 11.3.